The molecule has 0 radical (unpaired) electrons. The number of allylic oxidation sites excluding steroid dienone is 1. The summed E-state index contributed by atoms with van der Waals surface area (Å²) >= 11 is 13.3. The summed E-state index contributed by atoms with van der Waals surface area (Å²) in [7, 11) is 0. The number of hydrogen-bond donors (Lipinski definition) is 2. The quantitative estimate of drug-likeness (QED) is 0.334. The van der Waals surface area contributed by atoms with Crippen molar-refractivity contribution in [1.82, 2.24) is 20.1 Å². The summed E-state index contributed by atoms with van der Waals surface area (Å²) in [5, 5.41) is 15.1. The Morgan fingerprint density at radius 3 is 2.72 bits per heavy atom. The monoisotopic (exact) mass is 489 g/mol. The minimum Gasteiger partial charge on any atom is -0.345 e. The molecule has 10 heteroatoms. The summed E-state index contributed by atoms with van der Waals surface area (Å²) in [6.07, 6.45) is 1.70. The number of halogens is 2. The van der Waals surface area contributed by atoms with Crippen LogP contribution in [0.15, 0.2) is 60.3 Å². The van der Waals surface area contributed by atoms with Crippen LogP contribution in [0, 0.1) is 6.92 Å². The fourth-order valence-corrected chi connectivity index (χ4v) is 3.95. The van der Waals surface area contributed by atoms with E-state index in [1.807, 2.05) is 25.1 Å². The van der Waals surface area contributed by atoms with Crippen LogP contribution >= 0.6 is 35.0 Å². The minimum absolute atomic E-state index is 0.0910. The topological polar surface area (TPSA) is 88.9 Å². The van der Waals surface area contributed by atoms with Crippen LogP contribution < -0.4 is 10.6 Å². The van der Waals surface area contributed by atoms with Gasteiger partial charge in [0.25, 0.3) is 5.91 Å². The number of hydrogen-bond acceptors (Lipinski definition) is 5. The van der Waals surface area contributed by atoms with E-state index in [0.717, 1.165) is 5.56 Å². The summed E-state index contributed by atoms with van der Waals surface area (Å²) in [5.41, 5.74) is 2.02. The molecule has 2 aromatic carbocycles. The lowest BCUT2D eigenvalue weighted by Crippen LogP contribution is -2.25. The van der Waals surface area contributed by atoms with E-state index in [1.165, 1.54) is 11.8 Å². The zero-order chi connectivity index (χ0) is 23.1. The van der Waals surface area contributed by atoms with E-state index in [1.54, 1.807) is 34.9 Å². The number of rotatable bonds is 9. The van der Waals surface area contributed by atoms with Gasteiger partial charge >= 0.3 is 0 Å². The van der Waals surface area contributed by atoms with Gasteiger partial charge in [-0.05, 0) is 31.2 Å². The first-order valence-corrected chi connectivity index (χ1v) is 11.4. The highest BCUT2D eigenvalue weighted by atomic mass is 35.5. The van der Waals surface area contributed by atoms with Crippen LogP contribution in [0.4, 0.5) is 5.69 Å². The van der Waals surface area contributed by atoms with E-state index in [2.05, 4.69) is 27.4 Å². The first-order valence-electron chi connectivity index (χ1n) is 9.63. The van der Waals surface area contributed by atoms with E-state index >= 15 is 0 Å². The highest BCUT2D eigenvalue weighted by Crippen LogP contribution is 2.29. The van der Waals surface area contributed by atoms with Gasteiger partial charge in [-0.3, -0.25) is 9.59 Å². The SMILES string of the molecule is C=CCn1c(CNC(=O)c2cccc(C)c2)nnc1SCC(=O)Nc1cccc(Cl)c1Cl. The smallest absolute Gasteiger partial charge is 0.251 e. The summed E-state index contributed by atoms with van der Waals surface area (Å²) in [4.78, 5) is 24.8. The van der Waals surface area contributed by atoms with Gasteiger partial charge in [-0.15, -0.1) is 16.8 Å². The molecule has 1 aromatic heterocycles. The molecule has 0 aliphatic rings. The number of thioether (sulfide) groups is 1. The third-order valence-corrected chi connectivity index (χ3v) is 6.14. The van der Waals surface area contributed by atoms with Crippen LogP contribution in [0.1, 0.15) is 21.7 Å². The number of amides is 2. The van der Waals surface area contributed by atoms with Crippen molar-refractivity contribution < 1.29 is 9.59 Å². The van der Waals surface area contributed by atoms with Gasteiger partial charge < -0.3 is 15.2 Å². The standard InChI is InChI=1S/C22H21Cl2N5O2S/c1-3-10-29-18(12-25-21(31)15-7-4-6-14(2)11-15)27-28-22(29)32-13-19(30)26-17-9-5-8-16(23)20(17)24/h3-9,11H,1,10,12-13H2,2H3,(H,25,31)(H,26,30). The number of aromatic nitrogens is 3. The maximum atomic E-state index is 12.4. The number of benzene rings is 2. The molecule has 166 valence electrons. The second kappa shape index (κ2) is 11.2. The lowest BCUT2D eigenvalue weighted by Gasteiger charge is -2.10. The van der Waals surface area contributed by atoms with Gasteiger partial charge in [0.15, 0.2) is 11.0 Å². The largest absolute Gasteiger partial charge is 0.345 e. The average Bonchev–Trinajstić information content (AvgIpc) is 3.15. The summed E-state index contributed by atoms with van der Waals surface area (Å²) in [6.45, 7) is 6.32. The molecule has 0 atom stereocenters. The lowest BCUT2D eigenvalue weighted by atomic mass is 10.1. The Morgan fingerprint density at radius 2 is 1.97 bits per heavy atom. The molecule has 32 heavy (non-hydrogen) atoms. The van der Waals surface area contributed by atoms with Gasteiger partial charge in [-0.1, -0.05) is 64.8 Å². The van der Waals surface area contributed by atoms with E-state index in [-0.39, 0.29) is 29.1 Å². The maximum absolute atomic E-state index is 12.4. The average molecular weight is 490 g/mol. The predicted molar refractivity (Wildman–Crippen MR) is 128 cm³/mol. The zero-order valence-electron chi connectivity index (χ0n) is 17.3. The fourth-order valence-electron chi connectivity index (χ4n) is 2.83. The van der Waals surface area contributed by atoms with Crippen LogP contribution in [0.25, 0.3) is 0 Å². The second-order valence-electron chi connectivity index (χ2n) is 6.79. The first-order chi connectivity index (χ1) is 15.4. The Kier molecular flexibility index (Phi) is 8.33. The molecule has 0 saturated carbocycles. The Bertz CT molecular complexity index is 1150. The van der Waals surface area contributed by atoms with Crippen molar-refractivity contribution in [2.24, 2.45) is 0 Å². The predicted octanol–water partition coefficient (Wildman–Crippen LogP) is 4.74. The van der Waals surface area contributed by atoms with Crippen LogP contribution in [-0.4, -0.2) is 32.3 Å². The molecular weight excluding hydrogens is 469 g/mol. The molecule has 2 amide bonds. The Balaban J connectivity index is 1.62. The summed E-state index contributed by atoms with van der Waals surface area (Å²) in [6, 6.07) is 12.4. The molecule has 0 unspecified atom stereocenters. The van der Waals surface area contributed by atoms with Crippen molar-refractivity contribution in [2.45, 2.75) is 25.2 Å². The molecule has 0 aliphatic heterocycles. The maximum Gasteiger partial charge on any atom is 0.251 e. The summed E-state index contributed by atoms with van der Waals surface area (Å²) < 4.78 is 1.80. The Morgan fingerprint density at radius 1 is 1.19 bits per heavy atom. The normalized spacial score (nSPS) is 10.6. The molecule has 3 aromatic rings. The second-order valence-corrected chi connectivity index (χ2v) is 8.52. The van der Waals surface area contributed by atoms with E-state index in [9.17, 15) is 9.59 Å². The van der Waals surface area contributed by atoms with Crippen molar-refractivity contribution in [3.63, 3.8) is 0 Å². The van der Waals surface area contributed by atoms with E-state index in [0.29, 0.717) is 33.8 Å². The van der Waals surface area contributed by atoms with Crippen molar-refractivity contribution in [3.05, 3.63) is 82.1 Å². The molecule has 7 nitrogen and oxygen atoms in total. The number of carbonyl (C=O) groups is 2. The lowest BCUT2D eigenvalue weighted by molar-refractivity contribution is -0.113. The van der Waals surface area contributed by atoms with Crippen molar-refractivity contribution in [1.29, 1.82) is 0 Å². The molecule has 0 saturated heterocycles. The van der Waals surface area contributed by atoms with Crippen molar-refractivity contribution in [2.75, 3.05) is 11.1 Å². The molecule has 0 aliphatic carbocycles. The third kappa shape index (κ3) is 6.12. The highest BCUT2D eigenvalue weighted by Gasteiger charge is 2.16. The number of aryl methyl sites for hydroxylation is 1. The first kappa shape index (κ1) is 23.8. The number of anilines is 1. The van der Waals surface area contributed by atoms with Gasteiger partial charge in [0.1, 0.15) is 0 Å². The fraction of sp³-hybridized carbons (Fsp3) is 0.182. The number of nitrogens with zero attached hydrogens (tertiary/aromatic N) is 3. The van der Waals surface area contributed by atoms with Crippen molar-refractivity contribution >= 4 is 52.5 Å². The zero-order valence-corrected chi connectivity index (χ0v) is 19.6. The molecule has 0 fully saturated rings. The molecule has 3 rings (SSSR count). The van der Waals surface area contributed by atoms with Gasteiger partial charge in [-0.25, -0.2) is 0 Å². The molecule has 2 N–H and O–H groups in total. The van der Waals surface area contributed by atoms with Crippen LogP contribution in [-0.2, 0) is 17.9 Å². The van der Waals surface area contributed by atoms with Gasteiger partial charge in [0, 0.05) is 12.1 Å². The van der Waals surface area contributed by atoms with E-state index in [4.69, 9.17) is 23.2 Å². The third-order valence-electron chi connectivity index (χ3n) is 4.35. The van der Waals surface area contributed by atoms with Gasteiger partial charge in [0.2, 0.25) is 5.91 Å². The Hall–Kier alpha value is -2.81. The van der Waals surface area contributed by atoms with Crippen LogP contribution in [0.2, 0.25) is 10.0 Å². The molecule has 0 spiro atoms. The highest BCUT2D eigenvalue weighted by molar-refractivity contribution is 7.99. The number of nitrogens with one attached hydrogen (secondary N) is 2. The molecule has 1 heterocycles. The van der Waals surface area contributed by atoms with Gasteiger partial charge in [0.05, 0.1) is 28.0 Å². The van der Waals surface area contributed by atoms with Crippen LogP contribution in [0.3, 0.4) is 0 Å². The molecular formula is C22H21Cl2N5O2S. The van der Waals surface area contributed by atoms with E-state index < -0.39 is 0 Å². The summed E-state index contributed by atoms with van der Waals surface area (Å²) in [5.74, 6) is 0.190. The molecule has 0 bridgehead atoms. The number of carbonyl (C=O) groups excluding carboxylic acids is 2. The Labute approximate surface area is 200 Å². The van der Waals surface area contributed by atoms with Crippen molar-refractivity contribution in [3.8, 4) is 0 Å². The minimum atomic E-state index is -0.262. The van der Waals surface area contributed by atoms with Crippen LogP contribution in [0.5, 0.6) is 0 Å². The van der Waals surface area contributed by atoms with Gasteiger partial charge in [-0.2, -0.15) is 0 Å².